The van der Waals surface area contributed by atoms with Crippen LogP contribution >= 0.6 is 0 Å². The van der Waals surface area contributed by atoms with Crippen LogP contribution in [0.4, 0.5) is 5.82 Å². The van der Waals surface area contributed by atoms with Gasteiger partial charge in [0.05, 0.1) is 32.1 Å². The number of nitrogens with two attached hydrogens (primary N) is 1. The van der Waals surface area contributed by atoms with Crippen LogP contribution in [0.5, 0.6) is 0 Å². The summed E-state index contributed by atoms with van der Waals surface area (Å²) in [5, 5.41) is 30.9. The number of aliphatic carboxylic acids is 2. The number of nitriles is 1. The van der Waals surface area contributed by atoms with Crippen LogP contribution in [0.2, 0.25) is 0 Å². The summed E-state index contributed by atoms with van der Waals surface area (Å²) < 4.78 is 27.5. The van der Waals surface area contributed by atoms with Crippen LogP contribution in [0.3, 0.4) is 0 Å². The maximum atomic E-state index is 10.9. The Hall–Kier alpha value is -5.91. The topological polar surface area (TPSA) is 192 Å². The summed E-state index contributed by atoms with van der Waals surface area (Å²) in [4.78, 5) is 23.2. The Morgan fingerprint density at radius 2 is 1.38 bits per heavy atom. The standard InChI is InChI=1S/C33H31N5O4.C4H4O4/c34-22-33(29-17-16-27-32(35)36-23-37-38(27)29)31(41-20-26-14-8-3-9-15-26)30(40-19-25-12-6-2-7-13-25)28(42-33)21-39-18-24-10-4-1-5-11-24;5-3(6)1-2-4(7)8/h1-17,23,28,30-31H,18-21H2,(H2,35,36,37);1-2H,(H,5,6)(H,7,8)/b;2-1-/t28-,30-,31-,33-;/m1./s1. The van der Waals surface area contributed by atoms with E-state index in [0.29, 0.717) is 42.4 Å². The first-order valence-corrected chi connectivity index (χ1v) is 15.5. The summed E-state index contributed by atoms with van der Waals surface area (Å²) >= 11 is 0. The van der Waals surface area contributed by atoms with Crippen LogP contribution in [0.1, 0.15) is 22.4 Å². The van der Waals surface area contributed by atoms with Crippen molar-refractivity contribution in [1.82, 2.24) is 14.6 Å². The van der Waals surface area contributed by atoms with Gasteiger partial charge >= 0.3 is 11.9 Å². The number of nitrogens with zero attached hydrogens (tertiary/aromatic N) is 4. The number of carboxylic acids is 2. The monoisotopic (exact) mass is 677 g/mol. The quantitative estimate of drug-likeness (QED) is 0.148. The molecule has 4 N–H and O–H groups in total. The Kier molecular flexibility index (Phi) is 12.0. The first-order valence-electron chi connectivity index (χ1n) is 15.5. The molecule has 50 heavy (non-hydrogen) atoms. The molecule has 0 aliphatic carbocycles. The molecule has 2 aromatic heterocycles. The first kappa shape index (κ1) is 35.4. The molecule has 0 saturated carbocycles. The van der Waals surface area contributed by atoms with E-state index in [9.17, 15) is 14.9 Å². The third-order valence-electron chi connectivity index (χ3n) is 7.75. The average Bonchev–Trinajstić information content (AvgIpc) is 3.71. The maximum absolute atomic E-state index is 10.9. The molecule has 0 unspecified atom stereocenters. The number of hydrogen-bond donors (Lipinski definition) is 3. The van der Waals surface area contributed by atoms with Gasteiger partial charge in [0.2, 0.25) is 5.60 Å². The minimum Gasteiger partial charge on any atom is -0.478 e. The van der Waals surface area contributed by atoms with E-state index in [4.69, 9.17) is 34.9 Å². The molecule has 3 aromatic carbocycles. The summed E-state index contributed by atoms with van der Waals surface area (Å²) in [6.07, 6.45) is 0.378. The third-order valence-corrected chi connectivity index (χ3v) is 7.75. The van der Waals surface area contributed by atoms with Crippen LogP contribution in [-0.2, 0) is 54.0 Å². The smallest absolute Gasteiger partial charge is 0.328 e. The molecule has 0 bridgehead atoms. The second-order valence-electron chi connectivity index (χ2n) is 11.2. The van der Waals surface area contributed by atoms with Crippen LogP contribution in [0.15, 0.2) is 122 Å². The molecule has 1 fully saturated rings. The highest BCUT2D eigenvalue weighted by atomic mass is 16.6. The summed E-state index contributed by atoms with van der Waals surface area (Å²) in [5.74, 6) is -2.22. The highest BCUT2D eigenvalue weighted by Gasteiger charge is 2.60. The Balaban J connectivity index is 0.000000544. The van der Waals surface area contributed by atoms with Gasteiger partial charge in [0.15, 0.2) is 5.82 Å². The lowest BCUT2D eigenvalue weighted by Crippen LogP contribution is -2.44. The van der Waals surface area contributed by atoms with Gasteiger partial charge in [-0.15, -0.1) is 0 Å². The second kappa shape index (κ2) is 17.0. The van der Waals surface area contributed by atoms with Gasteiger partial charge in [-0.2, -0.15) is 10.4 Å². The summed E-state index contributed by atoms with van der Waals surface area (Å²) in [6, 6.07) is 35.6. The van der Waals surface area contributed by atoms with E-state index >= 15 is 0 Å². The lowest BCUT2D eigenvalue weighted by atomic mass is 9.92. The van der Waals surface area contributed by atoms with Crippen molar-refractivity contribution in [2.45, 2.75) is 43.7 Å². The van der Waals surface area contributed by atoms with Gasteiger partial charge in [0.25, 0.3) is 0 Å². The van der Waals surface area contributed by atoms with Crippen molar-refractivity contribution in [3.8, 4) is 6.07 Å². The molecule has 1 aliphatic rings. The van der Waals surface area contributed by atoms with Crippen molar-refractivity contribution in [2.75, 3.05) is 12.3 Å². The van der Waals surface area contributed by atoms with E-state index in [1.165, 1.54) is 6.33 Å². The van der Waals surface area contributed by atoms with Gasteiger partial charge < -0.3 is 34.9 Å². The molecule has 5 aromatic rings. The molecule has 13 heteroatoms. The molecule has 3 heterocycles. The highest BCUT2D eigenvalue weighted by Crippen LogP contribution is 2.44. The van der Waals surface area contributed by atoms with Crippen LogP contribution < -0.4 is 5.73 Å². The van der Waals surface area contributed by atoms with Crippen LogP contribution in [0.25, 0.3) is 5.52 Å². The molecule has 0 amide bonds. The van der Waals surface area contributed by atoms with E-state index in [1.807, 2.05) is 91.0 Å². The van der Waals surface area contributed by atoms with E-state index in [0.717, 1.165) is 16.7 Å². The number of anilines is 1. The van der Waals surface area contributed by atoms with Crippen molar-refractivity contribution >= 4 is 23.3 Å². The number of aromatic nitrogens is 3. The van der Waals surface area contributed by atoms with Crippen molar-refractivity contribution < 1.29 is 38.7 Å². The number of nitrogen functional groups attached to an aromatic ring is 1. The van der Waals surface area contributed by atoms with Gasteiger partial charge in [0.1, 0.15) is 36.2 Å². The fourth-order valence-electron chi connectivity index (χ4n) is 5.46. The summed E-state index contributed by atoms with van der Waals surface area (Å²) in [7, 11) is 0. The average molecular weight is 678 g/mol. The van der Waals surface area contributed by atoms with Gasteiger partial charge in [0, 0.05) is 12.2 Å². The normalized spacial score (nSPS) is 19.9. The van der Waals surface area contributed by atoms with Crippen LogP contribution in [-0.4, -0.2) is 61.7 Å². The first-order chi connectivity index (χ1) is 24.3. The highest BCUT2D eigenvalue weighted by molar-refractivity contribution is 5.89. The molecule has 1 saturated heterocycles. The Morgan fingerprint density at radius 3 is 1.92 bits per heavy atom. The van der Waals surface area contributed by atoms with E-state index < -0.39 is 35.9 Å². The summed E-state index contributed by atoms with van der Waals surface area (Å²) in [5.41, 5.74) is 8.59. The van der Waals surface area contributed by atoms with E-state index in [2.05, 4.69) is 16.2 Å². The second-order valence-corrected chi connectivity index (χ2v) is 11.2. The number of rotatable bonds is 13. The SMILES string of the molecule is N#C[C@]1(c2ccc3c(N)ncnn23)O[C@H](COCc2ccccc2)[C@@H](OCc2ccccc2)[C@H]1OCc1ccccc1.O=C(O)/C=C\C(=O)O. The molecule has 256 valence electrons. The summed E-state index contributed by atoms with van der Waals surface area (Å²) in [6.45, 7) is 1.13. The van der Waals surface area contributed by atoms with E-state index in [-0.39, 0.29) is 13.2 Å². The molecule has 6 rings (SSSR count). The minimum atomic E-state index is -1.58. The van der Waals surface area contributed by atoms with Gasteiger partial charge in [-0.3, -0.25) is 0 Å². The zero-order valence-corrected chi connectivity index (χ0v) is 26.8. The fraction of sp³-hybridized carbons (Fsp3) is 0.216. The number of benzene rings is 3. The molecule has 13 nitrogen and oxygen atoms in total. The largest absolute Gasteiger partial charge is 0.478 e. The van der Waals surface area contributed by atoms with Gasteiger partial charge in [-0.1, -0.05) is 91.0 Å². The van der Waals surface area contributed by atoms with Crippen molar-refractivity contribution in [3.05, 3.63) is 144 Å². The minimum absolute atomic E-state index is 0.184. The number of carboxylic acid groups (broad SMARTS) is 2. The fourth-order valence-corrected chi connectivity index (χ4v) is 5.46. The maximum Gasteiger partial charge on any atom is 0.328 e. The zero-order chi connectivity index (χ0) is 35.3. The zero-order valence-electron chi connectivity index (χ0n) is 26.8. The third kappa shape index (κ3) is 8.76. The lowest BCUT2D eigenvalue weighted by molar-refractivity contribution is -0.134. The number of ether oxygens (including phenoxy) is 4. The predicted molar refractivity (Wildman–Crippen MR) is 180 cm³/mol. The Labute approximate surface area is 287 Å². The van der Waals surface area contributed by atoms with Crippen molar-refractivity contribution in [1.29, 1.82) is 5.26 Å². The number of fused-ring (bicyclic) bond motifs is 1. The van der Waals surface area contributed by atoms with E-state index in [1.54, 1.807) is 16.6 Å². The molecule has 0 radical (unpaired) electrons. The molecule has 1 aliphatic heterocycles. The molecule has 4 atom stereocenters. The lowest BCUT2D eigenvalue weighted by Gasteiger charge is -2.29. The van der Waals surface area contributed by atoms with Crippen molar-refractivity contribution in [2.24, 2.45) is 0 Å². The van der Waals surface area contributed by atoms with Gasteiger partial charge in [-0.05, 0) is 28.8 Å². The van der Waals surface area contributed by atoms with Crippen LogP contribution in [0, 0.1) is 11.3 Å². The number of hydrogen-bond acceptors (Lipinski definition) is 10. The predicted octanol–water partition coefficient (Wildman–Crippen LogP) is 4.53. The Morgan fingerprint density at radius 1 is 0.840 bits per heavy atom. The number of carbonyl (C=O) groups is 2. The van der Waals surface area contributed by atoms with Gasteiger partial charge in [-0.25, -0.2) is 19.1 Å². The molecular formula is C37H35N5O8. The Bertz CT molecular complexity index is 1920. The molecule has 0 spiro atoms. The van der Waals surface area contributed by atoms with Crippen molar-refractivity contribution in [3.63, 3.8) is 0 Å². The molecular weight excluding hydrogens is 642 g/mol.